The molecule has 3 N–H and O–H groups in total. The van der Waals surface area contributed by atoms with Crippen LogP contribution in [0.15, 0.2) is 12.3 Å². The number of hydrogen-bond acceptors (Lipinski definition) is 5. The van der Waals surface area contributed by atoms with Gasteiger partial charge in [0.15, 0.2) is 0 Å². The van der Waals surface area contributed by atoms with Gasteiger partial charge in [0.2, 0.25) is 0 Å². The third-order valence-corrected chi connectivity index (χ3v) is 2.55. The zero-order valence-electron chi connectivity index (χ0n) is 11.6. The predicted molar refractivity (Wildman–Crippen MR) is 71.7 cm³/mol. The highest BCUT2D eigenvalue weighted by Gasteiger charge is 2.21. The van der Waals surface area contributed by atoms with E-state index < -0.39 is 6.10 Å². The summed E-state index contributed by atoms with van der Waals surface area (Å²) in [4.78, 5) is 0. The van der Waals surface area contributed by atoms with Gasteiger partial charge in [0.05, 0.1) is 24.9 Å². The van der Waals surface area contributed by atoms with Gasteiger partial charge in [-0.1, -0.05) is 0 Å². The predicted octanol–water partition coefficient (Wildman–Crippen LogP) is 0.300. The molecule has 0 bridgehead atoms. The average molecular weight is 256 g/mol. The summed E-state index contributed by atoms with van der Waals surface area (Å²) >= 11 is 0. The highest BCUT2D eigenvalue weighted by atomic mass is 16.5. The van der Waals surface area contributed by atoms with Crippen LogP contribution in [-0.2, 0) is 11.3 Å². The average Bonchev–Trinajstić information content (AvgIpc) is 2.74. The molecule has 0 saturated heterocycles. The second-order valence-corrected chi connectivity index (χ2v) is 4.93. The minimum Gasteiger partial charge on any atom is -0.389 e. The molecule has 1 heterocycles. The number of aromatic nitrogens is 2. The third-order valence-electron chi connectivity index (χ3n) is 2.55. The summed E-state index contributed by atoms with van der Waals surface area (Å²) in [6.07, 6.45) is 1.42. The fourth-order valence-corrected chi connectivity index (χ4v) is 1.64. The van der Waals surface area contributed by atoms with Crippen LogP contribution in [0.5, 0.6) is 0 Å². The molecule has 0 fully saturated rings. The summed E-state index contributed by atoms with van der Waals surface area (Å²) in [5, 5.41) is 19.8. The van der Waals surface area contributed by atoms with Gasteiger partial charge in [0.25, 0.3) is 0 Å². The van der Waals surface area contributed by atoms with Gasteiger partial charge < -0.3 is 20.5 Å². The first kappa shape index (κ1) is 14.9. The molecule has 0 saturated carbocycles. The maximum Gasteiger partial charge on any atom is 0.147 e. The number of nitrogens with zero attached hydrogens (tertiary/aromatic N) is 2. The number of aliphatic hydroxyl groups excluding tert-OH is 1. The molecule has 1 rings (SSSR count). The van der Waals surface area contributed by atoms with Crippen molar-refractivity contribution < 1.29 is 9.84 Å². The summed E-state index contributed by atoms with van der Waals surface area (Å²) in [5.41, 5.74) is -0.369. The summed E-state index contributed by atoms with van der Waals surface area (Å²) in [6, 6.07) is 1.91. The number of hydrogen-bond donors (Lipinski definition) is 3. The molecular formula is C12H24N4O2. The van der Waals surface area contributed by atoms with Crippen LogP contribution in [0.1, 0.15) is 13.8 Å². The van der Waals surface area contributed by atoms with E-state index in [0.717, 1.165) is 5.82 Å². The first-order valence-electron chi connectivity index (χ1n) is 6.14. The number of nitrogens with one attached hydrogen (secondary N) is 2. The Morgan fingerprint density at radius 2 is 2.22 bits per heavy atom. The van der Waals surface area contributed by atoms with Crippen molar-refractivity contribution in [2.45, 2.75) is 32.1 Å². The number of ether oxygens (including phenoxy) is 1. The fourth-order valence-electron chi connectivity index (χ4n) is 1.64. The number of likely N-dealkylation sites (N-methyl/N-ethyl adjacent to an activating group) is 1. The Kier molecular flexibility index (Phi) is 5.58. The van der Waals surface area contributed by atoms with Crippen LogP contribution in [0, 0.1) is 0 Å². The van der Waals surface area contributed by atoms with Crippen molar-refractivity contribution in [2.75, 3.05) is 32.6 Å². The van der Waals surface area contributed by atoms with E-state index >= 15 is 0 Å². The Bertz CT molecular complexity index is 352. The highest BCUT2D eigenvalue weighted by molar-refractivity contribution is 5.30. The summed E-state index contributed by atoms with van der Waals surface area (Å²) in [7, 11) is 3.64. The van der Waals surface area contributed by atoms with Crippen molar-refractivity contribution in [3.63, 3.8) is 0 Å². The lowest BCUT2D eigenvalue weighted by atomic mass is 10.1. The smallest absolute Gasteiger partial charge is 0.147 e. The van der Waals surface area contributed by atoms with Gasteiger partial charge >= 0.3 is 0 Å². The van der Waals surface area contributed by atoms with E-state index in [0.29, 0.717) is 19.7 Å². The van der Waals surface area contributed by atoms with E-state index in [1.807, 2.05) is 37.8 Å². The zero-order valence-corrected chi connectivity index (χ0v) is 11.6. The molecule has 0 aliphatic rings. The molecule has 18 heavy (non-hydrogen) atoms. The Labute approximate surface area is 108 Å². The summed E-state index contributed by atoms with van der Waals surface area (Å²) < 4.78 is 7.55. The van der Waals surface area contributed by atoms with Crippen LogP contribution >= 0.6 is 0 Å². The standard InChI is InChI=1S/C12H24N4O2/c1-12(2,18-8-10(17)7-13-3)9-16-6-5-11(14-4)15-16/h5-6,10,13,17H,7-9H2,1-4H3,(H,14,15). The largest absolute Gasteiger partial charge is 0.389 e. The molecule has 6 nitrogen and oxygen atoms in total. The van der Waals surface area contributed by atoms with Crippen LogP contribution in [0.25, 0.3) is 0 Å². The maximum absolute atomic E-state index is 9.60. The SMILES string of the molecule is CNCC(O)COC(C)(C)Cn1ccc(NC)n1. The molecule has 1 unspecified atom stereocenters. The first-order valence-corrected chi connectivity index (χ1v) is 6.14. The lowest BCUT2D eigenvalue weighted by Gasteiger charge is -2.26. The van der Waals surface area contributed by atoms with Gasteiger partial charge in [-0.25, -0.2) is 0 Å². The lowest BCUT2D eigenvalue weighted by molar-refractivity contribution is -0.0680. The Balaban J connectivity index is 2.43. The first-order chi connectivity index (χ1) is 8.46. The Morgan fingerprint density at radius 3 is 2.78 bits per heavy atom. The third kappa shape index (κ3) is 5.03. The summed E-state index contributed by atoms with van der Waals surface area (Å²) in [5.74, 6) is 0.834. The number of anilines is 1. The van der Waals surface area contributed by atoms with Crippen LogP contribution in [0.3, 0.4) is 0 Å². The second kappa shape index (κ2) is 6.72. The van der Waals surface area contributed by atoms with Gasteiger partial charge in [-0.15, -0.1) is 0 Å². The highest BCUT2D eigenvalue weighted by Crippen LogP contribution is 2.13. The molecular weight excluding hydrogens is 232 g/mol. The number of rotatable bonds is 8. The molecule has 1 aromatic rings. The van der Waals surface area contributed by atoms with E-state index in [1.54, 1.807) is 7.05 Å². The van der Waals surface area contributed by atoms with Crippen molar-refractivity contribution in [1.82, 2.24) is 15.1 Å². The van der Waals surface area contributed by atoms with Crippen molar-refractivity contribution in [3.05, 3.63) is 12.3 Å². The molecule has 104 valence electrons. The van der Waals surface area contributed by atoms with Gasteiger partial charge in [-0.3, -0.25) is 4.68 Å². The van der Waals surface area contributed by atoms with Crippen molar-refractivity contribution in [3.8, 4) is 0 Å². The molecule has 0 amide bonds. The topological polar surface area (TPSA) is 71.3 Å². The Morgan fingerprint density at radius 1 is 1.50 bits per heavy atom. The fraction of sp³-hybridized carbons (Fsp3) is 0.750. The van der Waals surface area contributed by atoms with E-state index in [1.165, 1.54) is 0 Å². The quantitative estimate of drug-likeness (QED) is 0.624. The van der Waals surface area contributed by atoms with Crippen LogP contribution in [-0.4, -0.2) is 53.8 Å². The molecule has 6 heteroatoms. The monoisotopic (exact) mass is 256 g/mol. The molecule has 0 aromatic carbocycles. The van der Waals surface area contributed by atoms with Gasteiger partial charge in [-0.05, 0) is 20.9 Å². The van der Waals surface area contributed by atoms with E-state index in [4.69, 9.17) is 4.74 Å². The Hall–Kier alpha value is -1.11. The second-order valence-electron chi connectivity index (χ2n) is 4.93. The molecule has 0 spiro atoms. The van der Waals surface area contributed by atoms with E-state index in [9.17, 15) is 5.11 Å². The van der Waals surface area contributed by atoms with Crippen LogP contribution < -0.4 is 10.6 Å². The van der Waals surface area contributed by atoms with Gasteiger partial charge in [-0.2, -0.15) is 5.10 Å². The van der Waals surface area contributed by atoms with Gasteiger partial charge in [0, 0.05) is 25.9 Å². The molecule has 0 aliphatic carbocycles. The zero-order chi connectivity index (χ0) is 13.6. The molecule has 0 aliphatic heterocycles. The van der Waals surface area contributed by atoms with Crippen LogP contribution in [0.4, 0.5) is 5.82 Å². The van der Waals surface area contributed by atoms with Crippen LogP contribution in [0.2, 0.25) is 0 Å². The summed E-state index contributed by atoms with van der Waals surface area (Å²) in [6.45, 7) is 5.45. The minimum atomic E-state index is -0.486. The van der Waals surface area contributed by atoms with E-state index in [-0.39, 0.29) is 5.60 Å². The van der Waals surface area contributed by atoms with Gasteiger partial charge in [0.1, 0.15) is 5.82 Å². The van der Waals surface area contributed by atoms with Crippen molar-refractivity contribution in [2.24, 2.45) is 0 Å². The van der Waals surface area contributed by atoms with Crippen molar-refractivity contribution in [1.29, 1.82) is 0 Å². The van der Waals surface area contributed by atoms with E-state index in [2.05, 4.69) is 15.7 Å². The normalized spacial score (nSPS) is 13.6. The minimum absolute atomic E-state index is 0.313. The molecule has 0 radical (unpaired) electrons. The maximum atomic E-state index is 9.60. The molecule has 1 atom stereocenters. The van der Waals surface area contributed by atoms with Crippen molar-refractivity contribution >= 4 is 5.82 Å². The lowest BCUT2D eigenvalue weighted by Crippen LogP contribution is -2.36. The number of aliphatic hydroxyl groups is 1. The molecule has 1 aromatic heterocycles.